The largest absolute Gasteiger partial charge is 0.456 e. The molecule has 0 radical (unpaired) electrons. The molecule has 0 bridgehead atoms. The lowest BCUT2D eigenvalue weighted by atomic mass is 9.89. The lowest BCUT2D eigenvalue weighted by molar-refractivity contribution is -0.0352. The number of methoxy groups -OCH3 is 1. The normalized spacial score (nSPS) is 13.2. The Hall–Kier alpha value is -1.35. The van der Waals surface area contributed by atoms with E-state index in [0.29, 0.717) is 12.2 Å². The van der Waals surface area contributed by atoms with Crippen LogP contribution in [-0.4, -0.2) is 25.8 Å². The molecule has 0 saturated heterocycles. The molecule has 0 aliphatic heterocycles. The van der Waals surface area contributed by atoms with Crippen LogP contribution in [0.5, 0.6) is 0 Å². The molecular weight excluding hydrogens is 228 g/mol. The Kier molecular flexibility index (Phi) is 4.91. The average Bonchev–Trinajstić information content (AvgIpc) is 2.27. The van der Waals surface area contributed by atoms with Crippen molar-refractivity contribution in [3.05, 3.63) is 35.4 Å². The Morgan fingerprint density at radius 2 is 1.89 bits per heavy atom. The smallest absolute Gasteiger partial charge is 0.338 e. The zero-order valence-corrected chi connectivity index (χ0v) is 11.8. The monoisotopic (exact) mass is 250 g/mol. The van der Waals surface area contributed by atoms with Crippen molar-refractivity contribution in [3.8, 4) is 0 Å². The van der Waals surface area contributed by atoms with Crippen LogP contribution in [-0.2, 0) is 9.47 Å². The van der Waals surface area contributed by atoms with Crippen LogP contribution in [0.4, 0.5) is 0 Å². The molecule has 3 nitrogen and oxygen atoms in total. The number of hydrogen-bond donors (Lipinski definition) is 0. The first-order valence-electron chi connectivity index (χ1n) is 6.12. The van der Waals surface area contributed by atoms with Crippen molar-refractivity contribution in [2.75, 3.05) is 13.7 Å². The fraction of sp³-hybridized carbons (Fsp3) is 0.533. The van der Waals surface area contributed by atoms with Crippen LogP contribution < -0.4 is 0 Å². The Labute approximate surface area is 109 Å². The Morgan fingerprint density at radius 3 is 2.39 bits per heavy atom. The van der Waals surface area contributed by atoms with E-state index in [2.05, 4.69) is 0 Å². The summed E-state index contributed by atoms with van der Waals surface area (Å²) >= 11 is 0. The van der Waals surface area contributed by atoms with E-state index < -0.39 is 0 Å². The van der Waals surface area contributed by atoms with Crippen LogP contribution in [0, 0.1) is 12.3 Å². The van der Waals surface area contributed by atoms with Gasteiger partial charge in [-0.3, -0.25) is 0 Å². The van der Waals surface area contributed by atoms with Gasteiger partial charge in [0.25, 0.3) is 0 Å². The Bertz CT molecular complexity index is 404. The van der Waals surface area contributed by atoms with Crippen molar-refractivity contribution in [2.45, 2.75) is 33.8 Å². The molecule has 0 aliphatic carbocycles. The third-order valence-corrected chi connectivity index (χ3v) is 2.90. The Morgan fingerprint density at radius 1 is 1.28 bits per heavy atom. The molecule has 1 aromatic carbocycles. The third-order valence-electron chi connectivity index (χ3n) is 2.90. The first-order chi connectivity index (χ1) is 8.36. The number of carbonyl (C=O) groups is 1. The van der Waals surface area contributed by atoms with Gasteiger partial charge in [0.15, 0.2) is 0 Å². The standard InChI is InChI=1S/C15H22O3/c1-11-8-6-7-9-12(11)14(16)18-13(10-17-5)15(2,3)4/h6-9,13H,10H2,1-5H3. The molecule has 0 saturated carbocycles. The fourth-order valence-corrected chi connectivity index (χ4v) is 1.61. The number of benzene rings is 1. The van der Waals surface area contributed by atoms with Crippen LogP contribution in [0.3, 0.4) is 0 Å². The van der Waals surface area contributed by atoms with Gasteiger partial charge in [0.2, 0.25) is 0 Å². The van der Waals surface area contributed by atoms with Crippen LogP contribution >= 0.6 is 0 Å². The molecule has 1 atom stereocenters. The second-order valence-electron chi connectivity index (χ2n) is 5.53. The van der Waals surface area contributed by atoms with Crippen LogP contribution in [0.2, 0.25) is 0 Å². The quantitative estimate of drug-likeness (QED) is 0.770. The maximum Gasteiger partial charge on any atom is 0.338 e. The minimum atomic E-state index is -0.287. The molecule has 1 unspecified atom stereocenters. The molecule has 0 spiro atoms. The molecule has 0 amide bonds. The molecule has 1 aromatic rings. The van der Waals surface area contributed by atoms with Crippen molar-refractivity contribution in [3.63, 3.8) is 0 Å². The van der Waals surface area contributed by atoms with E-state index in [4.69, 9.17) is 9.47 Å². The first-order valence-corrected chi connectivity index (χ1v) is 6.12. The van der Waals surface area contributed by atoms with Crippen molar-refractivity contribution >= 4 is 5.97 Å². The highest BCUT2D eigenvalue weighted by Crippen LogP contribution is 2.24. The molecule has 0 fully saturated rings. The minimum absolute atomic E-state index is 0.144. The highest BCUT2D eigenvalue weighted by atomic mass is 16.6. The van der Waals surface area contributed by atoms with E-state index in [9.17, 15) is 4.79 Å². The van der Waals surface area contributed by atoms with Crippen LogP contribution in [0.15, 0.2) is 24.3 Å². The summed E-state index contributed by atoms with van der Waals surface area (Å²) in [6.07, 6.45) is -0.255. The molecule has 1 rings (SSSR count). The highest BCUT2D eigenvalue weighted by molar-refractivity contribution is 5.91. The molecule has 100 valence electrons. The molecule has 18 heavy (non-hydrogen) atoms. The van der Waals surface area contributed by atoms with E-state index >= 15 is 0 Å². The number of hydrogen-bond acceptors (Lipinski definition) is 3. The van der Waals surface area contributed by atoms with Crippen molar-refractivity contribution in [2.24, 2.45) is 5.41 Å². The van der Waals surface area contributed by atoms with E-state index in [1.54, 1.807) is 13.2 Å². The lowest BCUT2D eigenvalue weighted by Crippen LogP contribution is -2.35. The zero-order chi connectivity index (χ0) is 13.8. The molecule has 0 aliphatic rings. The fourth-order valence-electron chi connectivity index (χ4n) is 1.61. The summed E-state index contributed by atoms with van der Waals surface area (Å²) in [5, 5.41) is 0. The number of ether oxygens (including phenoxy) is 2. The van der Waals surface area contributed by atoms with Crippen molar-refractivity contribution in [1.29, 1.82) is 0 Å². The van der Waals surface area contributed by atoms with Gasteiger partial charge in [0.1, 0.15) is 6.10 Å². The molecule has 0 aromatic heterocycles. The third kappa shape index (κ3) is 3.84. The molecule has 0 heterocycles. The van der Waals surface area contributed by atoms with Gasteiger partial charge in [-0.05, 0) is 18.6 Å². The van der Waals surface area contributed by atoms with Gasteiger partial charge < -0.3 is 9.47 Å². The summed E-state index contributed by atoms with van der Waals surface area (Å²) in [7, 11) is 1.61. The first kappa shape index (κ1) is 14.7. The second kappa shape index (κ2) is 6.01. The second-order valence-corrected chi connectivity index (χ2v) is 5.53. The number of carbonyl (C=O) groups excluding carboxylic acids is 1. The summed E-state index contributed by atoms with van der Waals surface area (Å²) in [5.74, 6) is -0.287. The Balaban J connectivity index is 2.82. The molecule has 3 heteroatoms. The average molecular weight is 250 g/mol. The SMILES string of the molecule is COCC(OC(=O)c1ccccc1C)C(C)(C)C. The van der Waals surface area contributed by atoms with E-state index in [1.807, 2.05) is 45.9 Å². The van der Waals surface area contributed by atoms with E-state index in [-0.39, 0.29) is 17.5 Å². The molecule has 0 N–H and O–H groups in total. The number of aryl methyl sites for hydroxylation is 1. The summed E-state index contributed by atoms with van der Waals surface area (Å²) in [6, 6.07) is 7.43. The van der Waals surface area contributed by atoms with Gasteiger partial charge in [-0.25, -0.2) is 4.79 Å². The maximum absolute atomic E-state index is 12.1. The zero-order valence-electron chi connectivity index (χ0n) is 11.8. The summed E-state index contributed by atoms with van der Waals surface area (Å²) < 4.78 is 10.7. The van der Waals surface area contributed by atoms with Crippen LogP contribution in [0.1, 0.15) is 36.7 Å². The topological polar surface area (TPSA) is 35.5 Å². The number of rotatable bonds is 4. The predicted octanol–water partition coefficient (Wildman–Crippen LogP) is 3.21. The summed E-state index contributed by atoms with van der Waals surface area (Å²) in [6.45, 7) is 8.39. The van der Waals surface area contributed by atoms with Gasteiger partial charge in [-0.15, -0.1) is 0 Å². The minimum Gasteiger partial charge on any atom is -0.456 e. The molecular formula is C15H22O3. The predicted molar refractivity (Wildman–Crippen MR) is 71.7 cm³/mol. The lowest BCUT2D eigenvalue weighted by Gasteiger charge is -2.29. The van der Waals surface area contributed by atoms with E-state index in [1.165, 1.54) is 0 Å². The van der Waals surface area contributed by atoms with Crippen LogP contribution in [0.25, 0.3) is 0 Å². The summed E-state index contributed by atoms with van der Waals surface area (Å²) in [5.41, 5.74) is 1.39. The van der Waals surface area contributed by atoms with Gasteiger partial charge in [-0.1, -0.05) is 39.0 Å². The van der Waals surface area contributed by atoms with Gasteiger partial charge in [0, 0.05) is 12.5 Å². The van der Waals surface area contributed by atoms with Gasteiger partial charge in [-0.2, -0.15) is 0 Å². The van der Waals surface area contributed by atoms with Crippen molar-refractivity contribution < 1.29 is 14.3 Å². The maximum atomic E-state index is 12.1. The van der Waals surface area contributed by atoms with Gasteiger partial charge >= 0.3 is 5.97 Å². The number of esters is 1. The van der Waals surface area contributed by atoms with E-state index in [0.717, 1.165) is 5.56 Å². The van der Waals surface area contributed by atoms with Crippen molar-refractivity contribution in [1.82, 2.24) is 0 Å². The van der Waals surface area contributed by atoms with Gasteiger partial charge in [0.05, 0.1) is 12.2 Å². The highest BCUT2D eigenvalue weighted by Gasteiger charge is 2.29. The summed E-state index contributed by atoms with van der Waals surface area (Å²) in [4.78, 5) is 12.1.